The van der Waals surface area contributed by atoms with Gasteiger partial charge >= 0.3 is 0 Å². The maximum Gasteiger partial charge on any atom is 0.238 e. The summed E-state index contributed by atoms with van der Waals surface area (Å²) in [6.45, 7) is 2.93. The van der Waals surface area contributed by atoms with Gasteiger partial charge in [0.05, 0.1) is 0 Å². The van der Waals surface area contributed by atoms with Crippen LogP contribution in [0.4, 0.5) is 0 Å². The van der Waals surface area contributed by atoms with Gasteiger partial charge in [-0.05, 0) is 42.1 Å². The van der Waals surface area contributed by atoms with Gasteiger partial charge in [0.15, 0.2) is 5.72 Å². The molecule has 5 rings (SSSR count). The molecule has 0 radical (unpaired) electrons. The summed E-state index contributed by atoms with van der Waals surface area (Å²) in [7, 11) is 0. The Kier molecular flexibility index (Phi) is 4.39. The molecule has 7 heteroatoms. The molecule has 2 aliphatic heterocycles. The van der Waals surface area contributed by atoms with Crippen LogP contribution < -0.4 is 10.5 Å². The van der Waals surface area contributed by atoms with Gasteiger partial charge in [0.2, 0.25) is 11.8 Å². The topological polar surface area (TPSA) is 77.6 Å². The maximum atomic E-state index is 13.4. The van der Waals surface area contributed by atoms with Gasteiger partial charge in [-0.3, -0.25) is 9.59 Å². The minimum atomic E-state index is -0.876. The molecule has 0 saturated carbocycles. The summed E-state index contributed by atoms with van der Waals surface area (Å²) >= 11 is 3.52. The summed E-state index contributed by atoms with van der Waals surface area (Å²) in [6, 6.07) is 15.8. The van der Waals surface area contributed by atoms with Crippen LogP contribution in [-0.4, -0.2) is 33.6 Å². The molecule has 1 saturated heterocycles. The fourth-order valence-electron chi connectivity index (χ4n) is 4.94. The van der Waals surface area contributed by atoms with Crippen molar-refractivity contribution in [1.82, 2.24) is 9.47 Å². The van der Waals surface area contributed by atoms with Crippen LogP contribution in [0.15, 0.2) is 59.2 Å². The van der Waals surface area contributed by atoms with Gasteiger partial charge in [0.1, 0.15) is 11.7 Å². The first-order valence-electron chi connectivity index (χ1n) is 10.0. The van der Waals surface area contributed by atoms with Crippen LogP contribution in [0.3, 0.4) is 0 Å². The number of nitrogens with zero attached hydrogens (tertiary/aromatic N) is 2. The van der Waals surface area contributed by atoms with E-state index in [9.17, 15) is 9.59 Å². The Morgan fingerprint density at radius 3 is 2.83 bits per heavy atom. The number of halogens is 1. The van der Waals surface area contributed by atoms with Gasteiger partial charge in [-0.25, -0.2) is 0 Å². The molecular formula is C23H22BrN3O3. The lowest BCUT2D eigenvalue weighted by molar-refractivity contribution is -0.175. The van der Waals surface area contributed by atoms with E-state index >= 15 is 0 Å². The van der Waals surface area contributed by atoms with Crippen LogP contribution in [0.5, 0.6) is 5.75 Å². The molecule has 2 amide bonds. The molecule has 2 aromatic carbocycles. The second kappa shape index (κ2) is 6.87. The Hall–Kier alpha value is -2.80. The number of benzene rings is 2. The fraction of sp³-hybridized carbons (Fsp3) is 0.304. The zero-order valence-electron chi connectivity index (χ0n) is 16.5. The highest BCUT2D eigenvalue weighted by Gasteiger charge is 2.55. The lowest BCUT2D eigenvalue weighted by Crippen LogP contribution is -2.65. The van der Waals surface area contributed by atoms with Crippen molar-refractivity contribution >= 4 is 38.6 Å². The van der Waals surface area contributed by atoms with Gasteiger partial charge in [0, 0.05) is 41.6 Å². The van der Waals surface area contributed by atoms with E-state index in [4.69, 9.17) is 10.5 Å². The Balaban J connectivity index is 1.49. The zero-order chi connectivity index (χ0) is 21.0. The normalized spacial score (nSPS) is 25.1. The maximum absolute atomic E-state index is 13.4. The van der Waals surface area contributed by atoms with Crippen LogP contribution in [0, 0.1) is 5.92 Å². The van der Waals surface area contributed by atoms with Crippen molar-refractivity contribution in [2.24, 2.45) is 11.7 Å². The molecule has 0 spiro atoms. The molecule has 3 aromatic rings. The molecule has 1 aromatic heterocycles. The minimum absolute atomic E-state index is 0.256. The number of piperidine rings is 1. The first kappa shape index (κ1) is 19.2. The molecule has 6 nitrogen and oxygen atoms in total. The van der Waals surface area contributed by atoms with Gasteiger partial charge in [-0.15, -0.1) is 0 Å². The minimum Gasteiger partial charge on any atom is -0.468 e. The first-order chi connectivity index (χ1) is 14.4. The number of likely N-dealkylation sites (tertiary alicyclic amines) is 1. The molecule has 0 aliphatic carbocycles. The van der Waals surface area contributed by atoms with E-state index in [1.54, 1.807) is 4.90 Å². The molecule has 3 heterocycles. The third-order valence-electron chi connectivity index (χ3n) is 6.36. The average molecular weight is 468 g/mol. The van der Waals surface area contributed by atoms with Gasteiger partial charge < -0.3 is 19.9 Å². The summed E-state index contributed by atoms with van der Waals surface area (Å²) in [5.74, 6) is -1.25. The number of hydrogen-bond donors (Lipinski definition) is 1. The van der Waals surface area contributed by atoms with E-state index < -0.39 is 17.6 Å². The molecule has 2 N–H and O–H groups in total. The number of aromatic nitrogens is 1. The monoisotopic (exact) mass is 467 g/mol. The SMILES string of the molecule is C[C@@]12C[C@@H](c3ccccc3O1)[C@@H](C(N)=O)C(=O)N2CCn1ccc2ccc(Br)cc21. The molecule has 2 bridgehead atoms. The molecule has 154 valence electrons. The summed E-state index contributed by atoms with van der Waals surface area (Å²) < 4.78 is 9.42. The van der Waals surface area contributed by atoms with E-state index in [-0.39, 0.29) is 11.8 Å². The van der Waals surface area contributed by atoms with Crippen LogP contribution in [0.25, 0.3) is 10.9 Å². The second-order valence-electron chi connectivity index (χ2n) is 8.21. The zero-order valence-corrected chi connectivity index (χ0v) is 18.1. The summed E-state index contributed by atoms with van der Waals surface area (Å²) in [5.41, 5.74) is 6.85. The fourth-order valence-corrected chi connectivity index (χ4v) is 5.29. The smallest absolute Gasteiger partial charge is 0.238 e. The lowest BCUT2D eigenvalue weighted by Gasteiger charge is -2.52. The van der Waals surface area contributed by atoms with Gasteiger partial charge in [-0.1, -0.05) is 40.2 Å². The molecule has 3 atom stereocenters. The number of fused-ring (bicyclic) bond motifs is 5. The molecule has 2 aliphatic rings. The van der Waals surface area contributed by atoms with Crippen LogP contribution in [0.2, 0.25) is 0 Å². The van der Waals surface area contributed by atoms with Crippen molar-refractivity contribution in [3.63, 3.8) is 0 Å². The number of nitrogens with two attached hydrogens (primary N) is 1. The van der Waals surface area contributed by atoms with E-state index in [1.807, 2.05) is 43.5 Å². The van der Waals surface area contributed by atoms with Crippen molar-refractivity contribution in [2.45, 2.75) is 31.5 Å². The molecule has 1 fully saturated rings. The van der Waals surface area contributed by atoms with Crippen molar-refractivity contribution in [3.8, 4) is 5.75 Å². The number of primary amides is 1. The number of amides is 2. The second-order valence-corrected chi connectivity index (χ2v) is 9.12. The number of ether oxygens (including phenoxy) is 1. The Morgan fingerprint density at radius 1 is 1.23 bits per heavy atom. The molecule has 0 unspecified atom stereocenters. The van der Waals surface area contributed by atoms with E-state index in [2.05, 4.69) is 38.7 Å². The third-order valence-corrected chi connectivity index (χ3v) is 6.85. The number of rotatable bonds is 4. The van der Waals surface area contributed by atoms with Crippen molar-refractivity contribution < 1.29 is 14.3 Å². The lowest BCUT2D eigenvalue weighted by atomic mass is 9.73. The largest absolute Gasteiger partial charge is 0.468 e. The van der Waals surface area contributed by atoms with Crippen LogP contribution in [-0.2, 0) is 16.1 Å². The van der Waals surface area contributed by atoms with E-state index in [1.165, 1.54) is 0 Å². The highest BCUT2D eigenvalue weighted by Crippen LogP contribution is 2.49. The first-order valence-corrected chi connectivity index (χ1v) is 10.8. The van der Waals surface area contributed by atoms with Crippen LogP contribution >= 0.6 is 15.9 Å². The van der Waals surface area contributed by atoms with Gasteiger partial charge in [0.25, 0.3) is 0 Å². The van der Waals surface area contributed by atoms with Crippen molar-refractivity contribution in [1.29, 1.82) is 0 Å². The number of para-hydroxylation sites is 1. The summed E-state index contributed by atoms with van der Waals surface area (Å²) in [6.07, 6.45) is 2.56. The van der Waals surface area contributed by atoms with E-state index in [0.29, 0.717) is 19.5 Å². The molecular weight excluding hydrogens is 446 g/mol. The number of carbonyl (C=O) groups is 2. The summed E-state index contributed by atoms with van der Waals surface area (Å²) in [5, 5.41) is 1.13. The summed E-state index contributed by atoms with van der Waals surface area (Å²) in [4.78, 5) is 27.4. The predicted molar refractivity (Wildman–Crippen MR) is 117 cm³/mol. The Bertz CT molecular complexity index is 1170. The highest BCUT2D eigenvalue weighted by atomic mass is 79.9. The van der Waals surface area contributed by atoms with E-state index in [0.717, 1.165) is 26.7 Å². The average Bonchev–Trinajstić information content (AvgIpc) is 3.09. The van der Waals surface area contributed by atoms with Crippen LogP contribution in [0.1, 0.15) is 24.8 Å². The van der Waals surface area contributed by atoms with Crippen molar-refractivity contribution in [3.05, 3.63) is 64.8 Å². The standard InChI is InChI=1S/C23H22BrN3O3/c1-23-13-17(16-4-2-3-5-19(16)30-23)20(21(25)28)22(29)27(23)11-10-26-9-8-14-6-7-15(24)12-18(14)26/h2-9,12,17,20H,10-11,13H2,1H3,(H2,25,28)/t17-,20-,23-/m0/s1. The quantitative estimate of drug-likeness (QED) is 0.595. The number of carbonyl (C=O) groups excluding carboxylic acids is 2. The Morgan fingerprint density at radius 2 is 2.03 bits per heavy atom. The van der Waals surface area contributed by atoms with Crippen molar-refractivity contribution in [2.75, 3.05) is 6.54 Å². The highest BCUT2D eigenvalue weighted by molar-refractivity contribution is 9.10. The molecule has 30 heavy (non-hydrogen) atoms. The predicted octanol–water partition coefficient (Wildman–Crippen LogP) is 3.63. The Labute approximate surface area is 182 Å². The van der Waals surface area contributed by atoms with Gasteiger partial charge in [-0.2, -0.15) is 0 Å². The number of hydrogen-bond acceptors (Lipinski definition) is 3. The third kappa shape index (κ3) is 2.91.